The zero-order chi connectivity index (χ0) is 19.0. The van der Waals surface area contributed by atoms with Crippen molar-refractivity contribution in [1.82, 2.24) is 9.80 Å². The Morgan fingerprint density at radius 1 is 1.30 bits per heavy atom. The summed E-state index contributed by atoms with van der Waals surface area (Å²) in [7, 11) is -3.53. The van der Waals surface area contributed by atoms with Crippen LogP contribution >= 0.6 is 0 Å². The number of nitrogens with zero attached hydrogens (tertiary/aromatic N) is 3. The minimum absolute atomic E-state index is 0.0332. The van der Waals surface area contributed by atoms with Gasteiger partial charge in [-0.3, -0.25) is 4.79 Å². The molecule has 0 radical (unpaired) electrons. The minimum Gasteiger partial charge on any atom is -0.331 e. The predicted molar refractivity (Wildman–Crippen MR) is 104 cm³/mol. The van der Waals surface area contributed by atoms with Crippen molar-refractivity contribution in [3.8, 4) is 0 Å². The van der Waals surface area contributed by atoms with Gasteiger partial charge in [0.15, 0.2) is 5.84 Å². The maximum atomic E-state index is 13.5. The molecule has 3 aliphatic rings. The minimum atomic E-state index is -3.53. The van der Waals surface area contributed by atoms with E-state index in [1.54, 1.807) is 23.3 Å². The fraction of sp³-hybridized carbons (Fsp3) is 0.400. The summed E-state index contributed by atoms with van der Waals surface area (Å²) >= 11 is 0. The van der Waals surface area contributed by atoms with Crippen molar-refractivity contribution >= 4 is 21.8 Å². The van der Waals surface area contributed by atoms with E-state index in [2.05, 4.69) is 11.3 Å². The summed E-state index contributed by atoms with van der Waals surface area (Å²) in [6, 6.07) is 9.98. The number of amidine groups is 1. The average molecular weight is 385 g/mol. The molecule has 1 fully saturated rings. The summed E-state index contributed by atoms with van der Waals surface area (Å²) in [5.41, 5.74) is 1.41. The molecular weight excluding hydrogens is 362 g/mol. The van der Waals surface area contributed by atoms with Crippen LogP contribution in [0.1, 0.15) is 25.3 Å². The van der Waals surface area contributed by atoms with E-state index >= 15 is 0 Å². The largest absolute Gasteiger partial charge is 0.331 e. The lowest BCUT2D eigenvalue weighted by atomic mass is 10.1. The molecule has 27 heavy (non-hydrogen) atoms. The van der Waals surface area contributed by atoms with Gasteiger partial charge < -0.3 is 9.80 Å². The van der Waals surface area contributed by atoms with Crippen molar-refractivity contribution in [3.05, 3.63) is 59.8 Å². The van der Waals surface area contributed by atoms with Crippen LogP contribution < -0.4 is 0 Å². The molecule has 142 valence electrons. The van der Waals surface area contributed by atoms with Gasteiger partial charge >= 0.3 is 0 Å². The molecule has 6 nitrogen and oxygen atoms in total. The fourth-order valence-electron chi connectivity index (χ4n) is 3.55. The van der Waals surface area contributed by atoms with E-state index in [0.29, 0.717) is 24.6 Å². The first-order valence-corrected chi connectivity index (χ1v) is 10.9. The molecule has 0 saturated heterocycles. The third kappa shape index (κ3) is 3.83. The lowest BCUT2D eigenvalue weighted by Gasteiger charge is -2.34. The number of carbonyl (C=O) groups excluding carboxylic acids is 1. The van der Waals surface area contributed by atoms with E-state index in [9.17, 15) is 13.2 Å². The molecule has 1 aliphatic carbocycles. The van der Waals surface area contributed by atoms with Crippen molar-refractivity contribution < 1.29 is 13.2 Å². The molecule has 7 heteroatoms. The maximum Gasteiger partial charge on any atom is 0.258 e. The third-order valence-corrected chi connectivity index (χ3v) is 6.49. The summed E-state index contributed by atoms with van der Waals surface area (Å²) in [5.74, 6) is 0.554. The molecule has 0 N–H and O–H groups in total. The van der Waals surface area contributed by atoms with Crippen LogP contribution in [0.5, 0.6) is 0 Å². The molecule has 1 amide bonds. The van der Waals surface area contributed by atoms with Gasteiger partial charge in [0.05, 0.1) is 11.3 Å². The zero-order valence-corrected chi connectivity index (χ0v) is 16.1. The molecule has 1 unspecified atom stereocenters. The van der Waals surface area contributed by atoms with Crippen LogP contribution in [0.3, 0.4) is 0 Å². The van der Waals surface area contributed by atoms with Crippen LogP contribution in [0.4, 0.5) is 0 Å². The van der Waals surface area contributed by atoms with E-state index in [1.165, 1.54) is 0 Å². The maximum absolute atomic E-state index is 13.5. The zero-order valence-electron chi connectivity index (χ0n) is 15.3. The monoisotopic (exact) mass is 385 g/mol. The Morgan fingerprint density at radius 2 is 2.04 bits per heavy atom. The number of allylic oxidation sites excluding steroid dienone is 2. The fourth-order valence-corrected chi connectivity index (χ4v) is 4.54. The van der Waals surface area contributed by atoms with Crippen LogP contribution in [0.2, 0.25) is 0 Å². The molecule has 2 heterocycles. The number of carbonyl (C=O) groups is 1. The standard InChI is InChI=1S/C20H23N3O3S/c1-15(17-9-10-17)23(14-16-6-3-2-4-7-16)20(24)18-8-5-11-22-12-13-27(25,26)21-19(18)22/h2-8,11,15,17H,9-10,12-14H2,1H3. The predicted octanol–water partition coefficient (Wildman–Crippen LogP) is 2.31. The molecular formula is C20H23N3O3S. The summed E-state index contributed by atoms with van der Waals surface area (Å²) in [5, 5.41) is 0. The van der Waals surface area contributed by atoms with Crippen LogP contribution in [0, 0.1) is 5.92 Å². The second-order valence-corrected chi connectivity index (χ2v) is 9.07. The van der Waals surface area contributed by atoms with Crippen molar-refractivity contribution in [3.63, 3.8) is 0 Å². The lowest BCUT2D eigenvalue weighted by molar-refractivity contribution is -0.129. The Morgan fingerprint density at radius 3 is 2.74 bits per heavy atom. The number of sulfonamides is 1. The lowest BCUT2D eigenvalue weighted by Crippen LogP contribution is -2.46. The number of amides is 1. The molecule has 0 spiro atoms. The van der Waals surface area contributed by atoms with Gasteiger partial charge in [-0.1, -0.05) is 30.3 Å². The van der Waals surface area contributed by atoms with Gasteiger partial charge in [-0.15, -0.1) is 4.40 Å². The smallest absolute Gasteiger partial charge is 0.258 e. The second kappa shape index (κ2) is 6.96. The molecule has 4 rings (SSSR count). The topological polar surface area (TPSA) is 70.1 Å². The van der Waals surface area contributed by atoms with Crippen molar-refractivity contribution in [1.29, 1.82) is 0 Å². The number of hydrogen-bond donors (Lipinski definition) is 0. The van der Waals surface area contributed by atoms with E-state index in [0.717, 1.165) is 18.4 Å². The summed E-state index contributed by atoms with van der Waals surface area (Å²) < 4.78 is 27.9. The molecule has 1 atom stereocenters. The number of rotatable bonds is 5. The van der Waals surface area contributed by atoms with Crippen molar-refractivity contribution in [2.24, 2.45) is 10.3 Å². The number of benzene rings is 1. The quantitative estimate of drug-likeness (QED) is 0.780. The van der Waals surface area contributed by atoms with Gasteiger partial charge in [-0.2, -0.15) is 0 Å². The highest BCUT2D eigenvalue weighted by atomic mass is 32.2. The van der Waals surface area contributed by atoms with Crippen molar-refractivity contribution in [2.75, 3.05) is 12.3 Å². The Kier molecular flexibility index (Phi) is 4.63. The number of hydrogen-bond acceptors (Lipinski definition) is 4. The highest BCUT2D eigenvalue weighted by Gasteiger charge is 2.38. The highest BCUT2D eigenvalue weighted by Crippen LogP contribution is 2.36. The van der Waals surface area contributed by atoms with Crippen LogP contribution in [0.15, 0.2) is 58.7 Å². The molecule has 2 aliphatic heterocycles. The van der Waals surface area contributed by atoms with Gasteiger partial charge in [-0.05, 0) is 43.4 Å². The normalized spacial score (nSPS) is 21.7. The Hall–Kier alpha value is -2.41. The Labute approximate surface area is 159 Å². The molecule has 1 aromatic rings. The SMILES string of the molecule is CC(C1CC1)N(Cc1ccccc1)C(=O)C1=CC=CN2CCS(=O)(=O)N=C12. The third-order valence-electron chi connectivity index (χ3n) is 5.34. The number of fused-ring (bicyclic) bond motifs is 1. The van der Waals surface area contributed by atoms with Crippen LogP contribution in [-0.2, 0) is 21.4 Å². The first-order valence-electron chi connectivity index (χ1n) is 9.28. The molecule has 1 aromatic carbocycles. The van der Waals surface area contributed by atoms with Gasteiger partial charge in [-0.25, -0.2) is 8.42 Å². The summed E-state index contributed by atoms with van der Waals surface area (Å²) in [4.78, 5) is 17.1. The molecule has 0 aromatic heterocycles. The van der Waals surface area contributed by atoms with Crippen LogP contribution in [0.25, 0.3) is 0 Å². The van der Waals surface area contributed by atoms with E-state index in [-0.39, 0.29) is 23.5 Å². The average Bonchev–Trinajstić information content (AvgIpc) is 3.50. The van der Waals surface area contributed by atoms with Gasteiger partial charge in [0.1, 0.15) is 0 Å². The van der Waals surface area contributed by atoms with Gasteiger partial charge in [0.2, 0.25) is 0 Å². The second-order valence-electron chi connectivity index (χ2n) is 7.31. The van der Waals surface area contributed by atoms with Crippen molar-refractivity contribution in [2.45, 2.75) is 32.4 Å². The van der Waals surface area contributed by atoms with Gasteiger partial charge in [0.25, 0.3) is 15.9 Å². The summed E-state index contributed by atoms with van der Waals surface area (Å²) in [6.07, 6.45) is 7.49. The van der Waals surface area contributed by atoms with E-state index in [4.69, 9.17) is 0 Å². The highest BCUT2D eigenvalue weighted by molar-refractivity contribution is 7.90. The molecule has 0 bridgehead atoms. The Bertz CT molecular complexity index is 930. The van der Waals surface area contributed by atoms with Crippen LogP contribution in [-0.4, -0.2) is 48.3 Å². The van der Waals surface area contributed by atoms with Gasteiger partial charge in [0, 0.05) is 25.3 Å². The first kappa shape index (κ1) is 18.0. The first-order chi connectivity index (χ1) is 12.9. The Balaban J connectivity index is 1.67. The van der Waals surface area contributed by atoms with E-state index in [1.807, 2.05) is 35.2 Å². The van der Waals surface area contributed by atoms with E-state index < -0.39 is 10.0 Å². The molecule has 1 saturated carbocycles. The summed E-state index contributed by atoms with van der Waals surface area (Å²) in [6.45, 7) is 2.90.